The van der Waals surface area contributed by atoms with Gasteiger partial charge in [0.05, 0.1) is 4.90 Å². The van der Waals surface area contributed by atoms with E-state index in [4.69, 9.17) is 0 Å². The van der Waals surface area contributed by atoms with Gasteiger partial charge in [-0.1, -0.05) is 0 Å². The standard InChI is InChI=1S/C18H21N5O2S/c24-26(25,18-5-3-17(4-6-18)21-9-1-2-10-21)23-11-7-16(8-12-23)13-22-15-19-14-20-22/h1-6,9-10,14-16H,7-8,11-13H2. The topological polar surface area (TPSA) is 73.0 Å². The zero-order chi connectivity index (χ0) is 18.0. The van der Waals surface area contributed by atoms with Gasteiger partial charge in [-0.3, -0.25) is 4.68 Å². The molecule has 0 unspecified atom stereocenters. The molecule has 7 nitrogen and oxygen atoms in total. The molecule has 1 aromatic carbocycles. The van der Waals surface area contributed by atoms with Gasteiger partial charge in [0.15, 0.2) is 0 Å². The maximum atomic E-state index is 12.9. The molecule has 0 radical (unpaired) electrons. The average Bonchev–Trinajstić information content (AvgIpc) is 3.36. The largest absolute Gasteiger partial charge is 0.324 e. The minimum absolute atomic E-state index is 0.350. The highest BCUT2D eigenvalue weighted by Crippen LogP contribution is 2.25. The quantitative estimate of drug-likeness (QED) is 0.689. The minimum Gasteiger partial charge on any atom is -0.324 e. The van der Waals surface area contributed by atoms with Gasteiger partial charge in [0, 0.05) is 37.7 Å². The van der Waals surface area contributed by atoms with E-state index in [0.29, 0.717) is 23.9 Å². The Hall–Kier alpha value is -2.45. The van der Waals surface area contributed by atoms with E-state index >= 15 is 0 Å². The van der Waals surface area contributed by atoms with Crippen LogP contribution >= 0.6 is 0 Å². The first-order valence-corrected chi connectivity index (χ1v) is 10.1. The molecule has 1 aliphatic rings. The molecule has 1 fully saturated rings. The van der Waals surface area contributed by atoms with Crippen molar-refractivity contribution in [2.24, 2.45) is 5.92 Å². The third kappa shape index (κ3) is 3.42. The van der Waals surface area contributed by atoms with Crippen molar-refractivity contribution in [3.63, 3.8) is 0 Å². The third-order valence-corrected chi connectivity index (χ3v) is 6.78. The van der Waals surface area contributed by atoms with Gasteiger partial charge in [-0.25, -0.2) is 13.4 Å². The van der Waals surface area contributed by atoms with Crippen LogP contribution in [0.2, 0.25) is 0 Å². The van der Waals surface area contributed by atoms with Crippen molar-refractivity contribution in [2.75, 3.05) is 13.1 Å². The molecule has 0 bridgehead atoms. The van der Waals surface area contributed by atoms with Crippen molar-refractivity contribution in [2.45, 2.75) is 24.3 Å². The summed E-state index contributed by atoms with van der Waals surface area (Å²) >= 11 is 0. The molecule has 0 N–H and O–H groups in total. The Kier molecular flexibility index (Phi) is 4.60. The number of benzene rings is 1. The molecule has 0 amide bonds. The van der Waals surface area contributed by atoms with Crippen molar-refractivity contribution in [3.05, 3.63) is 61.4 Å². The SMILES string of the molecule is O=S(=O)(c1ccc(-n2cccc2)cc1)N1CCC(Cn2cncn2)CC1. The van der Waals surface area contributed by atoms with Crippen LogP contribution in [0.15, 0.2) is 66.3 Å². The van der Waals surface area contributed by atoms with E-state index < -0.39 is 10.0 Å². The summed E-state index contributed by atoms with van der Waals surface area (Å²) in [6.07, 6.45) is 8.76. The van der Waals surface area contributed by atoms with Crippen molar-refractivity contribution >= 4 is 10.0 Å². The minimum atomic E-state index is -3.44. The van der Waals surface area contributed by atoms with Gasteiger partial charge in [0.2, 0.25) is 10.0 Å². The van der Waals surface area contributed by atoms with Crippen LogP contribution in [-0.2, 0) is 16.6 Å². The summed E-state index contributed by atoms with van der Waals surface area (Å²) in [5.41, 5.74) is 0.945. The van der Waals surface area contributed by atoms with Gasteiger partial charge < -0.3 is 4.57 Å². The lowest BCUT2D eigenvalue weighted by Crippen LogP contribution is -2.39. The second-order valence-electron chi connectivity index (χ2n) is 6.55. The Bertz CT molecular complexity index is 926. The fraction of sp³-hybridized carbons (Fsp3) is 0.333. The highest BCUT2D eigenvalue weighted by molar-refractivity contribution is 7.89. The Morgan fingerprint density at radius 1 is 1.04 bits per heavy atom. The van der Waals surface area contributed by atoms with Crippen LogP contribution in [0.1, 0.15) is 12.8 Å². The Morgan fingerprint density at radius 2 is 1.73 bits per heavy atom. The van der Waals surface area contributed by atoms with E-state index in [2.05, 4.69) is 10.1 Å². The van der Waals surface area contributed by atoms with Gasteiger partial charge in [0.1, 0.15) is 12.7 Å². The molecule has 3 aromatic rings. The van der Waals surface area contributed by atoms with Crippen LogP contribution in [-0.4, -0.2) is 45.1 Å². The number of rotatable bonds is 5. The Morgan fingerprint density at radius 3 is 2.35 bits per heavy atom. The maximum Gasteiger partial charge on any atom is 0.243 e. The van der Waals surface area contributed by atoms with Crippen LogP contribution in [0.4, 0.5) is 0 Å². The molecular weight excluding hydrogens is 350 g/mol. The first kappa shape index (κ1) is 17.0. The highest BCUT2D eigenvalue weighted by Gasteiger charge is 2.29. The first-order valence-electron chi connectivity index (χ1n) is 8.69. The summed E-state index contributed by atoms with van der Waals surface area (Å²) in [6, 6.07) is 10.9. The summed E-state index contributed by atoms with van der Waals surface area (Å²) in [4.78, 5) is 4.30. The summed E-state index contributed by atoms with van der Waals surface area (Å²) < 4.78 is 31.2. The van der Waals surface area contributed by atoms with Crippen molar-refractivity contribution in [1.82, 2.24) is 23.6 Å². The van der Waals surface area contributed by atoms with E-state index in [-0.39, 0.29) is 0 Å². The maximum absolute atomic E-state index is 12.9. The molecule has 1 aliphatic heterocycles. The molecule has 3 heterocycles. The summed E-state index contributed by atoms with van der Waals surface area (Å²) in [7, 11) is -3.44. The van der Waals surface area contributed by atoms with Gasteiger partial charge in [0.25, 0.3) is 0 Å². The monoisotopic (exact) mass is 371 g/mol. The second kappa shape index (κ2) is 7.05. The molecule has 0 atom stereocenters. The molecule has 0 spiro atoms. The van der Waals surface area contributed by atoms with Gasteiger partial charge in [-0.2, -0.15) is 9.40 Å². The van der Waals surface area contributed by atoms with Crippen molar-refractivity contribution < 1.29 is 8.42 Å². The van der Waals surface area contributed by atoms with Crippen molar-refractivity contribution in [3.8, 4) is 5.69 Å². The molecule has 136 valence electrons. The molecule has 0 aliphatic carbocycles. The van der Waals surface area contributed by atoms with Gasteiger partial charge >= 0.3 is 0 Å². The number of hydrogen-bond donors (Lipinski definition) is 0. The zero-order valence-electron chi connectivity index (χ0n) is 14.3. The van der Waals surface area contributed by atoms with E-state index in [1.807, 2.05) is 45.9 Å². The van der Waals surface area contributed by atoms with E-state index in [1.54, 1.807) is 22.8 Å². The Labute approximate surface area is 152 Å². The van der Waals surface area contributed by atoms with Crippen molar-refractivity contribution in [1.29, 1.82) is 0 Å². The predicted octanol–water partition coefficient (Wildman–Crippen LogP) is 2.17. The molecule has 26 heavy (non-hydrogen) atoms. The summed E-state index contributed by atoms with van der Waals surface area (Å²) in [6.45, 7) is 1.88. The smallest absolute Gasteiger partial charge is 0.243 e. The molecule has 0 saturated carbocycles. The number of hydrogen-bond acceptors (Lipinski definition) is 4. The summed E-state index contributed by atoms with van der Waals surface area (Å²) in [5.74, 6) is 0.430. The lowest BCUT2D eigenvalue weighted by atomic mass is 9.98. The molecule has 2 aromatic heterocycles. The average molecular weight is 371 g/mol. The third-order valence-electron chi connectivity index (χ3n) is 4.86. The normalized spacial score (nSPS) is 16.8. The van der Waals surface area contributed by atoms with Crippen LogP contribution in [0.3, 0.4) is 0 Å². The van der Waals surface area contributed by atoms with E-state index in [0.717, 1.165) is 25.1 Å². The lowest BCUT2D eigenvalue weighted by Gasteiger charge is -2.31. The number of sulfonamides is 1. The lowest BCUT2D eigenvalue weighted by molar-refractivity contribution is 0.247. The fourth-order valence-electron chi connectivity index (χ4n) is 3.37. The van der Waals surface area contributed by atoms with Gasteiger partial charge in [-0.05, 0) is 55.2 Å². The van der Waals surface area contributed by atoms with Crippen LogP contribution < -0.4 is 0 Å². The molecule has 8 heteroatoms. The second-order valence-corrected chi connectivity index (χ2v) is 8.49. The number of piperidine rings is 1. The number of nitrogens with zero attached hydrogens (tertiary/aromatic N) is 5. The van der Waals surface area contributed by atoms with Crippen LogP contribution in [0, 0.1) is 5.92 Å². The van der Waals surface area contributed by atoms with Crippen LogP contribution in [0.25, 0.3) is 5.69 Å². The molecular formula is C18H21N5O2S. The zero-order valence-corrected chi connectivity index (χ0v) is 15.2. The highest BCUT2D eigenvalue weighted by atomic mass is 32.2. The van der Waals surface area contributed by atoms with Gasteiger partial charge in [-0.15, -0.1) is 0 Å². The number of aromatic nitrogens is 4. The molecule has 4 rings (SSSR count). The molecule has 1 saturated heterocycles. The predicted molar refractivity (Wildman–Crippen MR) is 97.3 cm³/mol. The summed E-state index contributed by atoms with van der Waals surface area (Å²) in [5, 5.41) is 4.13. The van der Waals surface area contributed by atoms with E-state index in [1.165, 1.54) is 6.33 Å². The Balaban J connectivity index is 1.42. The fourth-order valence-corrected chi connectivity index (χ4v) is 4.84. The van der Waals surface area contributed by atoms with Crippen LogP contribution in [0.5, 0.6) is 0 Å². The van der Waals surface area contributed by atoms with E-state index in [9.17, 15) is 8.42 Å². The first-order chi connectivity index (χ1) is 12.6.